The van der Waals surface area contributed by atoms with Crippen molar-refractivity contribution in [3.63, 3.8) is 0 Å². The molecule has 310 valence electrons. The minimum atomic E-state index is -2.20. The molecule has 1 heterocycles. The van der Waals surface area contributed by atoms with Crippen LogP contribution in [0.1, 0.15) is 50.7 Å². The highest BCUT2D eigenvalue weighted by molar-refractivity contribution is 6.31. The maximum atomic E-state index is 16.2. The summed E-state index contributed by atoms with van der Waals surface area (Å²) < 4.78 is 64.3. The summed E-state index contributed by atoms with van der Waals surface area (Å²) in [7, 11) is 2.70. The number of carbonyl (C=O) groups excluding carboxylic acids is 2. The molecule has 57 heavy (non-hydrogen) atoms. The van der Waals surface area contributed by atoms with Crippen LogP contribution >= 0.6 is 23.2 Å². The average molecular weight is 839 g/mol. The van der Waals surface area contributed by atoms with E-state index in [9.17, 15) is 24.8 Å². The molecule has 2 aliphatic rings. The molecule has 0 radical (unpaired) electrons. The minimum Gasteiger partial charge on any atom is -0.478 e. The van der Waals surface area contributed by atoms with Gasteiger partial charge < -0.3 is 44.2 Å². The SMILES string of the molecule is COCCOCCOCCOCOC(=O)C1(OC)CC(C(=O)O)=CC=C1NC(=O)[C@@H]1N[C@@H](CC(C)(C)C)[C@](C#N)(c2ccc(Cl)cc2F)[C@H]1c1cccc(Cl)c1F. The largest absolute Gasteiger partial charge is 0.478 e. The van der Waals surface area contributed by atoms with Crippen molar-refractivity contribution in [2.45, 2.75) is 62.6 Å². The monoisotopic (exact) mass is 837 g/mol. The van der Waals surface area contributed by atoms with Crippen LogP contribution in [0.15, 0.2) is 59.8 Å². The zero-order valence-corrected chi connectivity index (χ0v) is 33.8. The number of methoxy groups -OCH3 is 2. The fourth-order valence-corrected chi connectivity index (χ4v) is 7.44. The number of carboxylic acids is 1. The van der Waals surface area contributed by atoms with E-state index in [2.05, 4.69) is 16.7 Å². The highest BCUT2D eigenvalue weighted by atomic mass is 35.5. The number of halogens is 4. The third-order valence-corrected chi connectivity index (χ3v) is 10.2. The van der Waals surface area contributed by atoms with Gasteiger partial charge in [-0.2, -0.15) is 5.26 Å². The Morgan fingerprint density at radius 3 is 2.26 bits per heavy atom. The van der Waals surface area contributed by atoms with E-state index >= 15 is 8.78 Å². The number of nitriles is 1. The Bertz CT molecular complexity index is 1880. The molecule has 0 spiro atoms. The van der Waals surface area contributed by atoms with Crippen molar-refractivity contribution >= 4 is 41.0 Å². The van der Waals surface area contributed by atoms with Gasteiger partial charge in [0.05, 0.1) is 62.5 Å². The standard InChI is InChI=1S/C40H47Cl2F2N3O10/c1-38(2,3)21-31-39(22-45,27-11-10-25(41)19-29(27)43)32(26-7-6-8-28(42)33(26)44)34(46-31)35(48)47-30-12-9-24(36(49)50)20-40(30,53-5)37(51)57-23-56-18-17-55-16-15-54-14-13-52-4/h6-12,19,31-32,34,46H,13-18,20-21,23H2,1-5H3,(H,47,48)(H,49,50)/t31-,32-,34+,39-,40?/m0/s1. The Labute approximate surface area is 340 Å². The number of hydrogen-bond donors (Lipinski definition) is 3. The Hall–Kier alpha value is -3.98. The van der Waals surface area contributed by atoms with Gasteiger partial charge in [0.15, 0.2) is 6.79 Å². The summed E-state index contributed by atoms with van der Waals surface area (Å²) >= 11 is 12.4. The van der Waals surface area contributed by atoms with Crippen LogP contribution in [-0.2, 0) is 48.2 Å². The number of amides is 1. The van der Waals surface area contributed by atoms with Gasteiger partial charge in [0.1, 0.15) is 17.0 Å². The number of nitrogens with one attached hydrogen (secondary N) is 2. The van der Waals surface area contributed by atoms with Gasteiger partial charge in [-0.05, 0) is 47.8 Å². The van der Waals surface area contributed by atoms with Gasteiger partial charge in [-0.25, -0.2) is 18.4 Å². The van der Waals surface area contributed by atoms with E-state index in [1.807, 2.05) is 20.8 Å². The molecule has 1 saturated heterocycles. The van der Waals surface area contributed by atoms with Crippen molar-refractivity contribution in [1.82, 2.24) is 10.6 Å². The van der Waals surface area contributed by atoms with Crippen LogP contribution in [0.25, 0.3) is 0 Å². The second-order valence-electron chi connectivity index (χ2n) is 14.6. The lowest BCUT2D eigenvalue weighted by Crippen LogP contribution is -2.54. The number of allylic oxidation sites excluding steroid dienone is 2. The van der Waals surface area contributed by atoms with E-state index in [0.717, 1.165) is 13.2 Å². The van der Waals surface area contributed by atoms with Crippen LogP contribution in [0.2, 0.25) is 10.0 Å². The predicted octanol–water partition coefficient (Wildman–Crippen LogP) is 5.59. The van der Waals surface area contributed by atoms with Gasteiger partial charge in [0, 0.05) is 48.8 Å². The summed E-state index contributed by atoms with van der Waals surface area (Å²) in [5.41, 5.74) is -5.36. The molecule has 13 nitrogen and oxygen atoms in total. The van der Waals surface area contributed by atoms with E-state index in [1.165, 1.54) is 42.5 Å². The van der Waals surface area contributed by atoms with Crippen molar-refractivity contribution in [2.24, 2.45) is 5.41 Å². The first kappa shape index (κ1) is 45.7. The van der Waals surface area contributed by atoms with Crippen LogP contribution in [0.5, 0.6) is 0 Å². The van der Waals surface area contributed by atoms with Crippen LogP contribution < -0.4 is 10.6 Å². The molecule has 5 atom stereocenters. The van der Waals surface area contributed by atoms with E-state index in [-0.39, 0.29) is 52.1 Å². The topological polar surface area (TPSA) is 175 Å². The van der Waals surface area contributed by atoms with Crippen molar-refractivity contribution in [2.75, 3.05) is 60.7 Å². The summed E-state index contributed by atoms with van der Waals surface area (Å²) in [4.78, 5) is 40.6. The molecule has 1 aliphatic carbocycles. The van der Waals surface area contributed by atoms with Crippen LogP contribution in [0, 0.1) is 28.4 Å². The number of rotatable bonds is 19. The fraction of sp³-hybridized carbons (Fsp3) is 0.500. The van der Waals surface area contributed by atoms with Gasteiger partial charge in [-0.1, -0.05) is 62.2 Å². The highest BCUT2D eigenvalue weighted by Crippen LogP contribution is 2.53. The summed E-state index contributed by atoms with van der Waals surface area (Å²) in [5, 5.41) is 26.7. The third-order valence-electron chi connectivity index (χ3n) is 9.72. The average Bonchev–Trinajstić information content (AvgIpc) is 3.47. The molecule has 1 amide bonds. The molecular formula is C40H47Cl2F2N3O10. The number of esters is 1. The predicted molar refractivity (Wildman–Crippen MR) is 204 cm³/mol. The lowest BCUT2D eigenvalue weighted by atomic mass is 9.62. The molecule has 0 bridgehead atoms. The molecular weight excluding hydrogens is 791 g/mol. The number of carboxylic acid groups (broad SMARTS) is 1. The Balaban J connectivity index is 1.69. The number of carbonyl (C=O) groups is 3. The summed E-state index contributed by atoms with van der Waals surface area (Å²) in [6.07, 6.45) is 2.02. The first-order valence-electron chi connectivity index (χ1n) is 18.0. The molecule has 2 aromatic rings. The van der Waals surface area contributed by atoms with Gasteiger partial charge in [-0.15, -0.1) is 0 Å². The van der Waals surface area contributed by atoms with Crippen molar-refractivity contribution in [3.05, 3.63) is 92.6 Å². The quantitative estimate of drug-likeness (QED) is 0.0911. The smallest absolute Gasteiger partial charge is 0.347 e. The molecule has 1 aliphatic heterocycles. The van der Waals surface area contributed by atoms with Gasteiger partial charge in [0.25, 0.3) is 0 Å². The first-order chi connectivity index (χ1) is 27.1. The molecule has 1 unspecified atom stereocenters. The first-order valence-corrected chi connectivity index (χ1v) is 18.8. The normalized spacial score (nSPS) is 23.3. The molecule has 0 aromatic heterocycles. The zero-order chi connectivity index (χ0) is 42.0. The molecule has 2 aromatic carbocycles. The Morgan fingerprint density at radius 2 is 1.67 bits per heavy atom. The Morgan fingerprint density at radius 1 is 1.00 bits per heavy atom. The number of benzene rings is 2. The van der Waals surface area contributed by atoms with E-state index < -0.39 is 77.1 Å². The molecule has 0 saturated carbocycles. The van der Waals surface area contributed by atoms with Crippen molar-refractivity contribution in [1.29, 1.82) is 5.26 Å². The minimum absolute atomic E-state index is 0.0322. The fourth-order valence-electron chi connectivity index (χ4n) is 7.10. The number of aliphatic carboxylic acids is 1. The molecule has 4 rings (SSSR count). The maximum Gasteiger partial charge on any atom is 0.347 e. The zero-order valence-electron chi connectivity index (χ0n) is 32.3. The molecule has 1 fully saturated rings. The van der Waals surface area contributed by atoms with Crippen molar-refractivity contribution < 1.29 is 56.7 Å². The summed E-state index contributed by atoms with van der Waals surface area (Å²) in [5.74, 6) is -6.51. The third kappa shape index (κ3) is 10.6. The number of nitrogens with zero attached hydrogens (tertiary/aromatic N) is 1. The molecule has 3 N–H and O–H groups in total. The summed E-state index contributed by atoms with van der Waals surface area (Å²) in [6, 6.07) is 7.75. The molecule has 17 heteroatoms. The maximum absolute atomic E-state index is 16.2. The van der Waals surface area contributed by atoms with E-state index in [1.54, 1.807) is 7.11 Å². The summed E-state index contributed by atoms with van der Waals surface area (Å²) in [6.45, 7) is 6.80. The lowest BCUT2D eigenvalue weighted by molar-refractivity contribution is -0.178. The number of ether oxygens (including phenoxy) is 6. The van der Waals surface area contributed by atoms with Crippen LogP contribution in [0.4, 0.5) is 8.78 Å². The van der Waals surface area contributed by atoms with Crippen LogP contribution in [0.3, 0.4) is 0 Å². The number of hydrogen-bond acceptors (Lipinski definition) is 11. The lowest BCUT2D eigenvalue weighted by Gasteiger charge is -2.38. The van der Waals surface area contributed by atoms with Crippen molar-refractivity contribution in [3.8, 4) is 6.07 Å². The van der Waals surface area contributed by atoms with Gasteiger partial charge >= 0.3 is 11.9 Å². The van der Waals surface area contributed by atoms with E-state index in [4.69, 9.17) is 51.6 Å². The van der Waals surface area contributed by atoms with E-state index in [0.29, 0.717) is 26.4 Å². The second kappa shape index (κ2) is 20.1. The highest BCUT2D eigenvalue weighted by Gasteiger charge is 2.61. The Kier molecular flexibility index (Phi) is 16.1. The van der Waals surface area contributed by atoms with Gasteiger partial charge in [0.2, 0.25) is 11.5 Å². The van der Waals surface area contributed by atoms with Gasteiger partial charge in [-0.3, -0.25) is 4.79 Å². The second-order valence-corrected chi connectivity index (χ2v) is 15.5. The van der Waals surface area contributed by atoms with Crippen LogP contribution in [-0.4, -0.2) is 101 Å².